The van der Waals surface area contributed by atoms with E-state index in [0.717, 1.165) is 32.2 Å². The standard InChI is InChI=1S/C13H25N2O/c1-12(2)9-15-10-13(11-15)3-4-14-5-7-16-8-6-14/h13H,3-11H2,1-2H3. The van der Waals surface area contributed by atoms with Gasteiger partial charge in [-0.25, -0.2) is 0 Å². The van der Waals surface area contributed by atoms with E-state index >= 15 is 0 Å². The third kappa shape index (κ3) is 3.72. The van der Waals surface area contributed by atoms with Crippen molar-refractivity contribution in [2.24, 2.45) is 5.92 Å². The molecule has 16 heavy (non-hydrogen) atoms. The molecule has 0 saturated carbocycles. The molecule has 0 aromatic carbocycles. The van der Waals surface area contributed by atoms with Crippen LogP contribution in [0, 0.1) is 11.8 Å². The highest BCUT2D eigenvalue weighted by Gasteiger charge is 2.27. The molecule has 0 unspecified atom stereocenters. The summed E-state index contributed by atoms with van der Waals surface area (Å²) < 4.78 is 5.35. The fourth-order valence-corrected chi connectivity index (χ4v) is 2.63. The highest BCUT2D eigenvalue weighted by Crippen LogP contribution is 2.20. The van der Waals surface area contributed by atoms with Crippen molar-refractivity contribution in [3.8, 4) is 0 Å². The molecular weight excluding hydrogens is 200 g/mol. The number of hydrogen-bond donors (Lipinski definition) is 0. The van der Waals surface area contributed by atoms with E-state index in [2.05, 4.69) is 23.6 Å². The Morgan fingerprint density at radius 1 is 1.12 bits per heavy atom. The fourth-order valence-electron chi connectivity index (χ4n) is 2.63. The molecule has 3 heteroatoms. The van der Waals surface area contributed by atoms with Crippen LogP contribution in [-0.2, 0) is 4.74 Å². The minimum atomic E-state index is 0.931. The lowest BCUT2D eigenvalue weighted by molar-refractivity contribution is 0.0265. The van der Waals surface area contributed by atoms with Crippen LogP contribution in [0.4, 0.5) is 0 Å². The molecule has 0 aromatic rings. The Kier molecular flexibility index (Phi) is 4.62. The van der Waals surface area contributed by atoms with Crippen LogP contribution in [0.25, 0.3) is 0 Å². The van der Waals surface area contributed by atoms with Crippen LogP contribution < -0.4 is 0 Å². The van der Waals surface area contributed by atoms with Crippen molar-refractivity contribution < 1.29 is 4.74 Å². The van der Waals surface area contributed by atoms with Crippen LogP contribution in [0.15, 0.2) is 0 Å². The van der Waals surface area contributed by atoms with E-state index in [1.54, 1.807) is 0 Å². The van der Waals surface area contributed by atoms with Gasteiger partial charge >= 0.3 is 0 Å². The summed E-state index contributed by atoms with van der Waals surface area (Å²) in [6.07, 6.45) is 1.37. The maximum Gasteiger partial charge on any atom is 0.0594 e. The zero-order valence-corrected chi connectivity index (χ0v) is 10.7. The summed E-state index contributed by atoms with van der Waals surface area (Å²) in [5, 5.41) is 0. The van der Waals surface area contributed by atoms with Gasteiger partial charge in [-0.2, -0.15) is 0 Å². The summed E-state index contributed by atoms with van der Waals surface area (Å²) in [5.41, 5.74) is 0. The largest absolute Gasteiger partial charge is 0.379 e. The van der Waals surface area contributed by atoms with Crippen molar-refractivity contribution in [1.82, 2.24) is 9.80 Å². The van der Waals surface area contributed by atoms with Crippen LogP contribution in [0.3, 0.4) is 0 Å². The molecule has 0 N–H and O–H groups in total. The zero-order chi connectivity index (χ0) is 11.4. The molecule has 0 aromatic heterocycles. The fraction of sp³-hybridized carbons (Fsp3) is 0.923. The highest BCUT2D eigenvalue weighted by molar-refractivity contribution is 4.89. The van der Waals surface area contributed by atoms with Crippen molar-refractivity contribution >= 4 is 0 Å². The lowest BCUT2D eigenvalue weighted by Crippen LogP contribution is -2.49. The number of hydrogen-bond acceptors (Lipinski definition) is 3. The molecule has 0 amide bonds. The second-order valence-electron chi connectivity index (χ2n) is 5.51. The number of nitrogens with zero attached hydrogens (tertiary/aromatic N) is 2. The van der Waals surface area contributed by atoms with Crippen LogP contribution in [0.5, 0.6) is 0 Å². The Labute approximate surface area is 99.7 Å². The molecule has 3 nitrogen and oxygen atoms in total. The number of morpholine rings is 1. The number of likely N-dealkylation sites (tertiary alicyclic amines) is 1. The van der Waals surface area contributed by atoms with Gasteiger partial charge in [-0.15, -0.1) is 0 Å². The molecule has 2 fully saturated rings. The third-order valence-electron chi connectivity index (χ3n) is 3.53. The predicted octanol–water partition coefficient (Wildman–Crippen LogP) is 1.25. The van der Waals surface area contributed by atoms with Crippen molar-refractivity contribution in [3.05, 3.63) is 5.92 Å². The van der Waals surface area contributed by atoms with Crippen molar-refractivity contribution in [3.63, 3.8) is 0 Å². The lowest BCUT2D eigenvalue weighted by atomic mass is 9.95. The molecule has 93 valence electrons. The Bertz CT molecular complexity index is 196. The molecule has 2 heterocycles. The maximum absolute atomic E-state index is 5.35. The Morgan fingerprint density at radius 2 is 1.81 bits per heavy atom. The predicted molar refractivity (Wildman–Crippen MR) is 66.4 cm³/mol. The molecule has 0 aliphatic carbocycles. The summed E-state index contributed by atoms with van der Waals surface area (Å²) in [6, 6.07) is 0. The Hall–Kier alpha value is -0.120. The highest BCUT2D eigenvalue weighted by atomic mass is 16.5. The van der Waals surface area contributed by atoms with E-state index in [1.807, 2.05) is 0 Å². The van der Waals surface area contributed by atoms with Gasteiger partial charge < -0.3 is 9.64 Å². The number of rotatable bonds is 5. The van der Waals surface area contributed by atoms with Crippen LogP contribution in [0.2, 0.25) is 0 Å². The Balaban J connectivity index is 1.52. The van der Waals surface area contributed by atoms with Crippen LogP contribution in [-0.4, -0.2) is 62.3 Å². The van der Waals surface area contributed by atoms with Crippen molar-refractivity contribution in [2.45, 2.75) is 20.3 Å². The first-order valence-electron chi connectivity index (χ1n) is 6.55. The average molecular weight is 225 g/mol. The summed E-state index contributed by atoms with van der Waals surface area (Å²) in [4.78, 5) is 5.10. The second-order valence-corrected chi connectivity index (χ2v) is 5.51. The first-order chi connectivity index (χ1) is 7.74. The van der Waals surface area contributed by atoms with E-state index in [0.29, 0.717) is 0 Å². The average Bonchev–Trinajstić information content (AvgIpc) is 2.22. The molecule has 0 atom stereocenters. The monoisotopic (exact) mass is 225 g/mol. The van der Waals surface area contributed by atoms with E-state index < -0.39 is 0 Å². The molecule has 2 aliphatic heterocycles. The van der Waals surface area contributed by atoms with Gasteiger partial charge in [-0.05, 0) is 24.8 Å². The maximum atomic E-state index is 5.35. The van der Waals surface area contributed by atoms with Crippen molar-refractivity contribution in [1.29, 1.82) is 0 Å². The lowest BCUT2D eigenvalue weighted by Gasteiger charge is -2.41. The van der Waals surface area contributed by atoms with Gasteiger partial charge in [0.15, 0.2) is 0 Å². The number of ether oxygens (including phenoxy) is 1. The van der Waals surface area contributed by atoms with E-state index in [1.165, 1.54) is 38.5 Å². The molecule has 2 aliphatic rings. The second kappa shape index (κ2) is 5.99. The van der Waals surface area contributed by atoms with Crippen molar-refractivity contribution in [2.75, 3.05) is 52.5 Å². The summed E-state index contributed by atoms with van der Waals surface area (Å²) in [6.45, 7) is 13.7. The molecule has 0 spiro atoms. The summed E-state index contributed by atoms with van der Waals surface area (Å²) >= 11 is 0. The molecule has 0 bridgehead atoms. The third-order valence-corrected chi connectivity index (χ3v) is 3.53. The van der Waals surface area contributed by atoms with E-state index in [4.69, 9.17) is 4.74 Å². The molecule has 2 rings (SSSR count). The van der Waals surface area contributed by atoms with Gasteiger partial charge in [0.2, 0.25) is 0 Å². The zero-order valence-electron chi connectivity index (χ0n) is 10.7. The van der Waals surface area contributed by atoms with Gasteiger partial charge in [0.25, 0.3) is 0 Å². The normalized spacial score (nSPS) is 24.9. The molecule has 2 saturated heterocycles. The topological polar surface area (TPSA) is 15.7 Å². The summed E-state index contributed by atoms with van der Waals surface area (Å²) in [5.74, 6) is 2.48. The van der Waals surface area contributed by atoms with E-state index in [-0.39, 0.29) is 0 Å². The molecular formula is C13H25N2O. The van der Waals surface area contributed by atoms with E-state index in [9.17, 15) is 0 Å². The smallest absolute Gasteiger partial charge is 0.0594 e. The minimum Gasteiger partial charge on any atom is -0.379 e. The van der Waals surface area contributed by atoms with Crippen LogP contribution >= 0.6 is 0 Å². The summed E-state index contributed by atoms with van der Waals surface area (Å²) in [7, 11) is 0. The van der Waals surface area contributed by atoms with Gasteiger partial charge in [0.1, 0.15) is 0 Å². The quantitative estimate of drug-likeness (QED) is 0.700. The SMILES string of the molecule is C[C](C)CN1CC(CCN2CCOCC2)C1. The Morgan fingerprint density at radius 3 is 2.44 bits per heavy atom. The van der Waals surface area contributed by atoms with Gasteiger partial charge in [0, 0.05) is 32.7 Å². The van der Waals surface area contributed by atoms with Gasteiger partial charge in [-0.1, -0.05) is 13.8 Å². The first kappa shape index (κ1) is 12.3. The van der Waals surface area contributed by atoms with Crippen LogP contribution in [0.1, 0.15) is 20.3 Å². The first-order valence-corrected chi connectivity index (χ1v) is 6.55. The molecule has 1 radical (unpaired) electrons. The van der Waals surface area contributed by atoms with Gasteiger partial charge in [-0.3, -0.25) is 4.90 Å². The minimum absolute atomic E-state index is 0.931. The van der Waals surface area contributed by atoms with Gasteiger partial charge in [0.05, 0.1) is 13.2 Å².